The van der Waals surface area contributed by atoms with Gasteiger partial charge in [-0.3, -0.25) is 0 Å². The van der Waals surface area contributed by atoms with Crippen molar-refractivity contribution in [3.63, 3.8) is 0 Å². The van der Waals surface area contributed by atoms with Gasteiger partial charge in [-0.2, -0.15) is 0 Å². The van der Waals surface area contributed by atoms with Crippen molar-refractivity contribution in [3.05, 3.63) is 18.6 Å². The van der Waals surface area contributed by atoms with Gasteiger partial charge >= 0.3 is 5.97 Å². The van der Waals surface area contributed by atoms with Crippen LogP contribution >= 0.6 is 0 Å². The van der Waals surface area contributed by atoms with Gasteiger partial charge in [0, 0.05) is 5.57 Å². The molecule has 0 fully saturated rings. The molecule has 0 saturated carbocycles. The first kappa shape index (κ1) is 9.21. The summed E-state index contributed by atoms with van der Waals surface area (Å²) in [5, 5.41) is 8.51. The lowest BCUT2D eigenvalue weighted by Gasteiger charge is -1.99. The van der Waals surface area contributed by atoms with Gasteiger partial charge in [-0.1, -0.05) is 19.9 Å². The average Bonchev–Trinajstić information content (AvgIpc) is 1.81. The molecule has 0 atom stereocenters. The first-order chi connectivity index (χ1) is 4.57. The van der Waals surface area contributed by atoms with Crippen molar-refractivity contribution in [1.82, 2.24) is 0 Å². The van der Waals surface area contributed by atoms with E-state index in [-0.39, 0.29) is 5.92 Å². The molecule has 0 aromatic carbocycles. The van der Waals surface area contributed by atoms with Crippen molar-refractivity contribution < 1.29 is 9.90 Å². The van der Waals surface area contributed by atoms with E-state index in [0.29, 0.717) is 12.0 Å². The smallest absolute Gasteiger partial charge is 0.331 e. The first-order valence-corrected chi connectivity index (χ1v) is 3.31. The van der Waals surface area contributed by atoms with Crippen molar-refractivity contribution in [1.29, 1.82) is 0 Å². The van der Waals surface area contributed by atoms with E-state index >= 15 is 0 Å². The van der Waals surface area contributed by atoms with Crippen LogP contribution in [-0.2, 0) is 4.79 Å². The van der Waals surface area contributed by atoms with Crippen LogP contribution in [0.2, 0.25) is 0 Å². The number of allylic oxidation sites excluding steroid dienone is 1. The molecule has 2 heteroatoms. The van der Waals surface area contributed by atoms with Crippen molar-refractivity contribution in [2.45, 2.75) is 20.3 Å². The zero-order valence-electron chi connectivity index (χ0n) is 6.42. The van der Waals surface area contributed by atoms with Crippen LogP contribution in [0.3, 0.4) is 0 Å². The Labute approximate surface area is 61.6 Å². The van der Waals surface area contributed by atoms with Crippen LogP contribution in [0.4, 0.5) is 0 Å². The van der Waals surface area contributed by atoms with E-state index in [1.807, 2.05) is 13.8 Å². The summed E-state index contributed by atoms with van der Waals surface area (Å²) >= 11 is 0. The molecule has 0 aliphatic rings. The third kappa shape index (κ3) is 3.28. The standard InChI is InChI=1S/C8H13O2/c1-4-7(8(9)10)5-6(2)3/h5-6H,1,4H2,2-3H3,(H,9,10). The maximum atomic E-state index is 10.4. The summed E-state index contributed by atoms with van der Waals surface area (Å²) in [6, 6.07) is 0. The number of carbonyl (C=O) groups is 1. The maximum absolute atomic E-state index is 10.4. The normalized spacial score (nSPS) is 12.2. The van der Waals surface area contributed by atoms with Gasteiger partial charge in [0.25, 0.3) is 0 Å². The van der Waals surface area contributed by atoms with Gasteiger partial charge in [-0.25, -0.2) is 4.79 Å². The van der Waals surface area contributed by atoms with Crippen molar-refractivity contribution in [2.75, 3.05) is 0 Å². The highest BCUT2D eigenvalue weighted by Crippen LogP contribution is 2.05. The van der Waals surface area contributed by atoms with Crippen LogP contribution in [0, 0.1) is 12.8 Å². The average molecular weight is 141 g/mol. The van der Waals surface area contributed by atoms with Gasteiger partial charge in [-0.15, -0.1) is 0 Å². The summed E-state index contributed by atoms with van der Waals surface area (Å²) in [7, 11) is 0. The van der Waals surface area contributed by atoms with E-state index in [9.17, 15) is 4.79 Å². The molecular formula is C8H13O2. The minimum atomic E-state index is -0.858. The first-order valence-electron chi connectivity index (χ1n) is 3.31. The Hall–Kier alpha value is -0.790. The third-order valence-electron chi connectivity index (χ3n) is 1.08. The second-order valence-corrected chi connectivity index (χ2v) is 2.49. The fourth-order valence-electron chi connectivity index (χ4n) is 0.664. The molecule has 0 aromatic heterocycles. The van der Waals surface area contributed by atoms with Gasteiger partial charge in [0.2, 0.25) is 0 Å². The summed E-state index contributed by atoms with van der Waals surface area (Å²) in [5.74, 6) is -0.573. The highest BCUT2D eigenvalue weighted by molar-refractivity contribution is 5.86. The zero-order chi connectivity index (χ0) is 8.15. The van der Waals surface area contributed by atoms with Crippen LogP contribution in [0.25, 0.3) is 0 Å². The molecule has 0 amide bonds. The molecule has 1 radical (unpaired) electrons. The largest absolute Gasteiger partial charge is 0.478 e. The number of carboxylic acid groups (broad SMARTS) is 1. The Kier molecular flexibility index (Phi) is 3.77. The lowest BCUT2D eigenvalue weighted by molar-refractivity contribution is -0.132. The van der Waals surface area contributed by atoms with Crippen LogP contribution in [0.15, 0.2) is 11.6 Å². The highest BCUT2D eigenvalue weighted by atomic mass is 16.4. The summed E-state index contributed by atoms with van der Waals surface area (Å²) in [6.45, 7) is 7.40. The maximum Gasteiger partial charge on any atom is 0.331 e. The molecule has 0 aliphatic heterocycles. The van der Waals surface area contributed by atoms with Gasteiger partial charge < -0.3 is 5.11 Å². The van der Waals surface area contributed by atoms with E-state index in [2.05, 4.69) is 6.92 Å². The third-order valence-corrected chi connectivity index (χ3v) is 1.08. The summed E-state index contributed by atoms with van der Waals surface area (Å²) in [4.78, 5) is 10.4. The lowest BCUT2D eigenvalue weighted by atomic mass is 10.1. The number of rotatable bonds is 3. The van der Waals surface area contributed by atoms with Crippen LogP contribution in [0.5, 0.6) is 0 Å². The van der Waals surface area contributed by atoms with Crippen molar-refractivity contribution in [3.8, 4) is 0 Å². The number of hydrogen-bond donors (Lipinski definition) is 1. The van der Waals surface area contributed by atoms with Gasteiger partial charge in [0.1, 0.15) is 0 Å². The Morgan fingerprint density at radius 2 is 2.20 bits per heavy atom. The van der Waals surface area contributed by atoms with E-state index < -0.39 is 5.97 Å². The summed E-state index contributed by atoms with van der Waals surface area (Å²) < 4.78 is 0. The highest BCUT2D eigenvalue weighted by Gasteiger charge is 2.03. The minimum absolute atomic E-state index is 0.285. The fraction of sp³-hybridized carbons (Fsp3) is 0.500. The molecule has 0 aliphatic carbocycles. The van der Waals surface area contributed by atoms with Crippen molar-refractivity contribution in [2.24, 2.45) is 5.92 Å². The SMILES string of the molecule is [CH2]CC(=CC(C)C)C(=O)O. The van der Waals surface area contributed by atoms with Crippen molar-refractivity contribution >= 4 is 5.97 Å². The van der Waals surface area contributed by atoms with E-state index in [1.165, 1.54) is 0 Å². The van der Waals surface area contributed by atoms with Crippen LogP contribution in [0.1, 0.15) is 20.3 Å². The van der Waals surface area contributed by atoms with E-state index in [0.717, 1.165) is 0 Å². The molecule has 0 spiro atoms. The summed E-state index contributed by atoms with van der Waals surface area (Å²) in [6.07, 6.45) is 2.07. The topological polar surface area (TPSA) is 37.3 Å². The minimum Gasteiger partial charge on any atom is -0.478 e. The van der Waals surface area contributed by atoms with Gasteiger partial charge in [-0.05, 0) is 19.3 Å². The molecule has 0 saturated heterocycles. The van der Waals surface area contributed by atoms with Gasteiger partial charge in [0.15, 0.2) is 0 Å². The Morgan fingerprint density at radius 1 is 1.70 bits per heavy atom. The fourth-order valence-corrected chi connectivity index (χ4v) is 0.664. The molecule has 0 heterocycles. The quantitative estimate of drug-likeness (QED) is 0.609. The zero-order valence-corrected chi connectivity index (χ0v) is 6.42. The number of aliphatic carboxylic acids is 1. The molecule has 2 nitrogen and oxygen atoms in total. The number of hydrogen-bond acceptors (Lipinski definition) is 1. The van der Waals surface area contributed by atoms with Crippen LogP contribution in [-0.4, -0.2) is 11.1 Å². The second-order valence-electron chi connectivity index (χ2n) is 2.49. The second kappa shape index (κ2) is 4.09. The summed E-state index contributed by atoms with van der Waals surface area (Å²) in [5.41, 5.74) is 0.398. The molecule has 0 bridgehead atoms. The predicted octanol–water partition coefficient (Wildman–Crippen LogP) is 1.88. The molecule has 57 valence electrons. The monoisotopic (exact) mass is 141 g/mol. The van der Waals surface area contributed by atoms with Gasteiger partial charge in [0.05, 0.1) is 0 Å². The van der Waals surface area contributed by atoms with E-state index in [1.54, 1.807) is 6.08 Å². The molecule has 0 aromatic rings. The molecular weight excluding hydrogens is 128 g/mol. The molecule has 10 heavy (non-hydrogen) atoms. The predicted molar refractivity (Wildman–Crippen MR) is 40.5 cm³/mol. The lowest BCUT2D eigenvalue weighted by Crippen LogP contribution is -2.00. The molecule has 0 rings (SSSR count). The van der Waals surface area contributed by atoms with E-state index in [4.69, 9.17) is 5.11 Å². The molecule has 1 N–H and O–H groups in total. The van der Waals surface area contributed by atoms with Crippen LogP contribution < -0.4 is 0 Å². The Bertz CT molecular complexity index is 145. The Balaban J connectivity index is 4.19. The Morgan fingerprint density at radius 3 is 2.30 bits per heavy atom. The molecule has 0 unspecified atom stereocenters. The number of carboxylic acids is 1.